The number of ether oxygens (including phenoxy) is 1. The van der Waals surface area contributed by atoms with Crippen LogP contribution < -0.4 is 0 Å². The number of aliphatic hydroxyl groups is 2. The average Bonchev–Trinajstić information content (AvgIpc) is 2.86. The number of imidazole rings is 1. The van der Waals surface area contributed by atoms with E-state index in [1.54, 1.807) is 0 Å². The molecular weight excluding hydrogens is 237 g/mol. The lowest BCUT2D eigenvalue weighted by Gasteiger charge is -2.12. The number of nitro groups is 1. The number of rotatable bonds is 3. The van der Waals surface area contributed by atoms with E-state index in [9.17, 15) is 19.6 Å². The summed E-state index contributed by atoms with van der Waals surface area (Å²) in [6, 6.07) is 0. The van der Waals surface area contributed by atoms with E-state index in [1.165, 1.54) is 6.20 Å². The molecule has 1 aromatic rings. The lowest BCUT2D eigenvalue weighted by atomic mass is 10.1. The number of nitrogens with zero attached hydrogens (tertiary/aromatic N) is 3. The highest BCUT2D eigenvalue weighted by Crippen LogP contribution is 2.33. The largest absolute Gasteiger partial charge is 0.436 e. The maximum Gasteiger partial charge on any atom is 0.436 e. The van der Waals surface area contributed by atoms with E-state index in [2.05, 4.69) is 4.98 Å². The van der Waals surface area contributed by atoms with Gasteiger partial charge in [-0.3, -0.25) is 0 Å². The fourth-order valence-electron chi connectivity index (χ4n) is 1.73. The molecular formula is C8H10FN3O5. The molecule has 1 aliphatic heterocycles. The Hall–Kier alpha value is -1.58. The Morgan fingerprint density at radius 3 is 2.94 bits per heavy atom. The summed E-state index contributed by atoms with van der Waals surface area (Å²) in [4.78, 5) is 13.3. The molecule has 94 valence electrons. The van der Waals surface area contributed by atoms with Crippen molar-refractivity contribution < 1.29 is 24.3 Å². The maximum atomic E-state index is 13.4. The molecule has 1 fully saturated rings. The van der Waals surface area contributed by atoms with Crippen molar-refractivity contribution in [1.82, 2.24) is 9.55 Å². The summed E-state index contributed by atoms with van der Waals surface area (Å²) >= 11 is 0. The van der Waals surface area contributed by atoms with Crippen LogP contribution >= 0.6 is 0 Å². The molecule has 2 N–H and O–H groups in total. The molecule has 0 aromatic carbocycles. The Morgan fingerprint density at radius 1 is 1.71 bits per heavy atom. The van der Waals surface area contributed by atoms with Crippen LogP contribution in [0.5, 0.6) is 0 Å². The van der Waals surface area contributed by atoms with Crippen LogP contribution in [0.1, 0.15) is 6.23 Å². The van der Waals surface area contributed by atoms with Crippen molar-refractivity contribution in [2.24, 2.45) is 0 Å². The molecule has 17 heavy (non-hydrogen) atoms. The molecule has 1 saturated heterocycles. The van der Waals surface area contributed by atoms with Gasteiger partial charge in [0.05, 0.1) is 6.61 Å². The number of aromatic nitrogens is 2. The van der Waals surface area contributed by atoms with Crippen LogP contribution in [0.3, 0.4) is 0 Å². The molecule has 0 bridgehead atoms. The quantitative estimate of drug-likeness (QED) is 0.544. The van der Waals surface area contributed by atoms with Crippen molar-refractivity contribution in [1.29, 1.82) is 0 Å². The van der Waals surface area contributed by atoms with Gasteiger partial charge in [0.2, 0.25) is 6.23 Å². The molecule has 9 heteroatoms. The van der Waals surface area contributed by atoms with Gasteiger partial charge in [-0.2, -0.15) is 4.57 Å². The topological polar surface area (TPSA) is 111 Å². The minimum Gasteiger partial charge on any atom is -0.394 e. The average molecular weight is 247 g/mol. The van der Waals surface area contributed by atoms with Crippen LogP contribution in [0.25, 0.3) is 0 Å². The Balaban J connectivity index is 2.29. The van der Waals surface area contributed by atoms with Gasteiger partial charge in [-0.05, 0) is 4.92 Å². The second-order valence-electron chi connectivity index (χ2n) is 3.57. The summed E-state index contributed by atoms with van der Waals surface area (Å²) in [6.07, 6.45) is -3.49. The summed E-state index contributed by atoms with van der Waals surface area (Å²) < 4.78 is 19.4. The summed E-state index contributed by atoms with van der Waals surface area (Å²) in [6.45, 7) is -0.614. The van der Waals surface area contributed by atoms with Gasteiger partial charge in [0.15, 0.2) is 6.17 Å². The standard InChI is InChI=1S/C8H10FN3O5/c9-5-4(3-13)17-7(6(5)14)11-2-1-10-8(11)12(15)16/h1-2,4-7,13-14H,3H2/t4-,5-,6-,7-/m1/s1. The summed E-state index contributed by atoms with van der Waals surface area (Å²) in [7, 11) is 0. The van der Waals surface area contributed by atoms with Crippen molar-refractivity contribution in [2.75, 3.05) is 6.61 Å². The van der Waals surface area contributed by atoms with Gasteiger partial charge in [0.1, 0.15) is 24.6 Å². The number of halogens is 1. The lowest BCUT2D eigenvalue weighted by Crippen LogP contribution is -2.29. The highest BCUT2D eigenvalue weighted by atomic mass is 19.1. The van der Waals surface area contributed by atoms with Crippen molar-refractivity contribution in [3.05, 3.63) is 22.5 Å². The third-order valence-corrected chi connectivity index (χ3v) is 2.55. The number of aliphatic hydroxyl groups excluding tert-OH is 2. The molecule has 0 unspecified atom stereocenters. The van der Waals surface area contributed by atoms with E-state index in [0.29, 0.717) is 0 Å². The fraction of sp³-hybridized carbons (Fsp3) is 0.625. The van der Waals surface area contributed by atoms with Crippen LogP contribution in [-0.4, -0.2) is 49.7 Å². The molecule has 2 heterocycles. The highest BCUT2D eigenvalue weighted by Gasteiger charge is 2.47. The molecule has 0 spiro atoms. The van der Waals surface area contributed by atoms with Crippen LogP contribution in [0.2, 0.25) is 0 Å². The SMILES string of the molecule is O=[N+]([O-])c1nccn1[C@@H]1O[C@H](CO)[C@@H](F)[C@H]1O. The highest BCUT2D eigenvalue weighted by molar-refractivity contribution is 5.09. The first-order valence-corrected chi connectivity index (χ1v) is 4.82. The van der Waals surface area contributed by atoms with Crippen LogP contribution in [0.15, 0.2) is 12.4 Å². The molecule has 0 amide bonds. The molecule has 0 aliphatic carbocycles. The van der Waals surface area contributed by atoms with E-state index < -0.39 is 42.1 Å². The number of hydrogen-bond donors (Lipinski definition) is 2. The summed E-state index contributed by atoms with van der Waals surface area (Å²) in [5.74, 6) is -0.556. The minimum absolute atomic E-state index is 0.556. The van der Waals surface area contributed by atoms with E-state index in [1.807, 2.05) is 0 Å². The molecule has 1 aliphatic rings. The first-order chi connectivity index (χ1) is 8.06. The van der Waals surface area contributed by atoms with Gasteiger partial charge < -0.3 is 25.1 Å². The second kappa shape index (κ2) is 4.35. The molecule has 4 atom stereocenters. The first kappa shape index (κ1) is 11.9. The van der Waals surface area contributed by atoms with Crippen molar-refractivity contribution >= 4 is 5.95 Å². The van der Waals surface area contributed by atoms with Crippen molar-refractivity contribution in [2.45, 2.75) is 24.6 Å². The van der Waals surface area contributed by atoms with E-state index >= 15 is 0 Å². The Bertz CT molecular complexity index is 425. The lowest BCUT2D eigenvalue weighted by molar-refractivity contribution is -0.398. The van der Waals surface area contributed by atoms with Gasteiger partial charge in [-0.1, -0.05) is 4.98 Å². The predicted octanol–water partition coefficient (Wildman–Crippen LogP) is -0.620. The van der Waals surface area contributed by atoms with Crippen molar-refractivity contribution in [3.8, 4) is 0 Å². The Labute approximate surface area is 94.4 Å². The summed E-state index contributed by atoms with van der Waals surface area (Å²) in [5, 5.41) is 29.0. The maximum absolute atomic E-state index is 13.4. The van der Waals surface area contributed by atoms with Gasteiger partial charge in [-0.25, -0.2) is 4.39 Å². The fourth-order valence-corrected chi connectivity index (χ4v) is 1.73. The van der Waals surface area contributed by atoms with Gasteiger partial charge >= 0.3 is 5.95 Å². The predicted molar refractivity (Wildman–Crippen MR) is 50.8 cm³/mol. The molecule has 0 radical (unpaired) electrons. The molecule has 8 nitrogen and oxygen atoms in total. The zero-order valence-corrected chi connectivity index (χ0v) is 8.51. The Kier molecular flexibility index (Phi) is 3.05. The smallest absolute Gasteiger partial charge is 0.394 e. The molecule has 2 rings (SSSR count). The third-order valence-electron chi connectivity index (χ3n) is 2.55. The van der Waals surface area contributed by atoms with E-state index in [0.717, 1.165) is 10.8 Å². The third kappa shape index (κ3) is 1.88. The monoisotopic (exact) mass is 247 g/mol. The van der Waals surface area contributed by atoms with Crippen molar-refractivity contribution in [3.63, 3.8) is 0 Å². The van der Waals surface area contributed by atoms with E-state index in [-0.39, 0.29) is 0 Å². The minimum atomic E-state index is -1.80. The second-order valence-corrected chi connectivity index (χ2v) is 3.57. The Morgan fingerprint density at radius 2 is 2.41 bits per heavy atom. The number of hydrogen-bond acceptors (Lipinski definition) is 6. The number of alkyl halides is 1. The van der Waals surface area contributed by atoms with Crippen LogP contribution in [0.4, 0.5) is 10.3 Å². The summed E-state index contributed by atoms with van der Waals surface area (Å²) in [5.41, 5.74) is 0. The van der Waals surface area contributed by atoms with Gasteiger partial charge in [0, 0.05) is 0 Å². The van der Waals surface area contributed by atoms with Gasteiger partial charge in [0.25, 0.3) is 0 Å². The first-order valence-electron chi connectivity index (χ1n) is 4.82. The van der Waals surface area contributed by atoms with Gasteiger partial charge in [-0.15, -0.1) is 0 Å². The molecule has 0 saturated carbocycles. The normalized spacial score (nSPS) is 32.9. The molecule has 1 aromatic heterocycles. The zero-order chi connectivity index (χ0) is 12.6. The zero-order valence-electron chi connectivity index (χ0n) is 8.51. The van der Waals surface area contributed by atoms with Crippen LogP contribution in [-0.2, 0) is 4.74 Å². The van der Waals surface area contributed by atoms with Crippen LogP contribution in [0, 0.1) is 10.1 Å². The van der Waals surface area contributed by atoms with E-state index in [4.69, 9.17) is 9.84 Å².